The summed E-state index contributed by atoms with van der Waals surface area (Å²) >= 11 is 0. The maximum Gasteiger partial charge on any atom is 0.221 e. The molecule has 1 aromatic rings. The molecule has 1 atom stereocenters. The van der Waals surface area contributed by atoms with Crippen LogP contribution in [0.1, 0.15) is 25.1 Å². The molecule has 1 aliphatic heterocycles. The van der Waals surface area contributed by atoms with E-state index in [-0.39, 0.29) is 11.9 Å². The van der Waals surface area contributed by atoms with Crippen molar-refractivity contribution in [3.05, 3.63) is 24.0 Å². The standard InChI is InChI=1S/C13H20N4O/c1-10(14-2)12-4-3-11(9-16-12)17-7-5-13(18)15-6-8-17/h3-4,9-10,14H,5-8H2,1-2H3,(H,15,18). The minimum absolute atomic E-state index is 0.130. The van der Waals surface area contributed by atoms with Crippen molar-refractivity contribution < 1.29 is 4.79 Å². The Morgan fingerprint density at radius 2 is 2.28 bits per heavy atom. The molecule has 1 fully saturated rings. The molecule has 5 heteroatoms. The highest BCUT2D eigenvalue weighted by molar-refractivity contribution is 5.77. The fourth-order valence-corrected chi connectivity index (χ4v) is 2.01. The number of carbonyl (C=O) groups is 1. The number of rotatable bonds is 3. The van der Waals surface area contributed by atoms with Gasteiger partial charge in [0.1, 0.15) is 0 Å². The van der Waals surface area contributed by atoms with Crippen LogP contribution in [0.5, 0.6) is 0 Å². The van der Waals surface area contributed by atoms with Crippen molar-refractivity contribution in [1.29, 1.82) is 0 Å². The predicted molar refractivity (Wildman–Crippen MR) is 71.6 cm³/mol. The summed E-state index contributed by atoms with van der Waals surface area (Å²) < 4.78 is 0. The summed E-state index contributed by atoms with van der Waals surface area (Å²) in [6.45, 7) is 4.38. The molecular weight excluding hydrogens is 228 g/mol. The van der Waals surface area contributed by atoms with Crippen LogP contribution in [0.25, 0.3) is 0 Å². The van der Waals surface area contributed by atoms with Crippen LogP contribution in [0.3, 0.4) is 0 Å². The zero-order chi connectivity index (χ0) is 13.0. The Hall–Kier alpha value is -1.62. The summed E-state index contributed by atoms with van der Waals surface area (Å²) in [6.07, 6.45) is 2.44. The van der Waals surface area contributed by atoms with E-state index in [0.717, 1.165) is 24.5 Å². The van der Waals surface area contributed by atoms with Crippen LogP contribution in [0.4, 0.5) is 5.69 Å². The fourth-order valence-electron chi connectivity index (χ4n) is 2.01. The zero-order valence-electron chi connectivity index (χ0n) is 10.9. The Kier molecular flexibility index (Phi) is 4.15. The van der Waals surface area contributed by atoms with E-state index in [1.54, 1.807) is 0 Å². The molecule has 1 amide bonds. The molecule has 2 rings (SSSR count). The van der Waals surface area contributed by atoms with Gasteiger partial charge in [0.25, 0.3) is 0 Å². The number of nitrogens with zero attached hydrogens (tertiary/aromatic N) is 2. The quantitative estimate of drug-likeness (QED) is 0.826. The summed E-state index contributed by atoms with van der Waals surface area (Å²) in [5.41, 5.74) is 2.11. The van der Waals surface area contributed by atoms with E-state index in [9.17, 15) is 4.79 Å². The van der Waals surface area contributed by atoms with E-state index in [1.807, 2.05) is 19.3 Å². The van der Waals surface area contributed by atoms with Crippen LogP contribution >= 0.6 is 0 Å². The Morgan fingerprint density at radius 1 is 1.44 bits per heavy atom. The molecule has 1 aliphatic rings. The van der Waals surface area contributed by atoms with Crippen molar-refractivity contribution in [1.82, 2.24) is 15.6 Å². The molecule has 2 heterocycles. The lowest BCUT2D eigenvalue weighted by molar-refractivity contribution is -0.120. The van der Waals surface area contributed by atoms with Crippen LogP contribution in [-0.4, -0.2) is 37.6 Å². The normalized spacial score (nSPS) is 18.1. The van der Waals surface area contributed by atoms with Gasteiger partial charge in [-0.2, -0.15) is 0 Å². The molecule has 0 spiro atoms. The molecule has 1 saturated heterocycles. The highest BCUT2D eigenvalue weighted by Crippen LogP contribution is 2.17. The van der Waals surface area contributed by atoms with Crippen LogP contribution in [0.15, 0.2) is 18.3 Å². The second-order valence-electron chi connectivity index (χ2n) is 4.54. The Balaban J connectivity index is 2.06. The van der Waals surface area contributed by atoms with Gasteiger partial charge in [0, 0.05) is 32.1 Å². The second-order valence-corrected chi connectivity index (χ2v) is 4.54. The lowest BCUT2D eigenvalue weighted by Crippen LogP contribution is -2.28. The van der Waals surface area contributed by atoms with E-state index in [0.29, 0.717) is 13.0 Å². The maximum atomic E-state index is 11.3. The predicted octanol–water partition coefficient (Wildman–Crippen LogP) is 0.688. The third-order valence-electron chi connectivity index (χ3n) is 3.33. The monoisotopic (exact) mass is 248 g/mol. The number of pyridine rings is 1. The van der Waals surface area contributed by atoms with Crippen molar-refractivity contribution >= 4 is 11.6 Å². The van der Waals surface area contributed by atoms with Crippen molar-refractivity contribution in [2.24, 2.45) is 0 Å². The summed E-state index contributed by atoms with van der Waals surface area (Å²) in [7, 11) is 1.92. The molecule has 0 aliphatic carbocycles. The highest BCUT2D eigenvalue weighted by atomic mass is 16.1. The average molecular weight is 248 g/mol. The molecule has 98 valence electrons. The Morgan fingerprint density at radius 3 is 2.94 bits per heavy atom. The van der Waals surface area contributed by atoms with Gasteiger partial charge < -0.3 is 15.5 Å². The lowest BCUT2D eigenvalue weighted by atomic mass is 10.2. The maximum absolute atomic E-state index is 11.3. The SMILES string of the molecule is CNC(C)c1ccc(N2CCNC(=O)CC2)cn1. The van der Waals surface area contributed by atoms with E-state index >= 15 is 0 Å². The molecule has 0 saturated carbocycles. The Labute approximate surface area is 108 Å². The largest absolute Gasteiger partial charge is 0.368 e. The first-order chi connectivity index (χ1) is 8.70. The van der Waals surface area contributed by atoms with Crippen LogP contribution in [0.2, 0.25) is 0 Å². The van der Waals surface area contributed by atoms with Crippen molar-refractivity contribution in [2.45, 2.75) is 19.4 Å². The van der Waals surface area contributed by atoms with Crippen LogP contribution < -0.4 is 15.5 Å². The van der Waals surface area contributed by atoms with Crippen molar-refractivity contribution in [2.75, 3.05) is 31.6 Å². The summed E-state index contributed by atoms with van der Waals surface area (Å²) in [5, 5.41) is 6.04. The van der Waals surface area contributed by atoms with E-state index < -0.39 is 0 Å². The highest BCUT2D eigenvalue weighted by Gasteiger charge is 2.14. The van der Waals surface area contributed by atoms with Crippen LogP contribution in [-0.2, 0) is 4.79 Å². The van der Waals surface area contributed by atoms with E-state index in [1.165, 1.54) is 0 Å². The summed E-state index contributed by atoms with van der Waals surface area (Å²) in [5.74, 6) is 0.130. The first kappa shape index (κ1) is 12.8. The van der Waals surface area contributed by atoms with Gasteiger partial charge in [0.05, 0.1) is 17.6 Å². The Bertz CT molecular complexity index is 404. The molecule has 0 aromatic carbocycles. The summed E-state index contributed by atoms with van der Waals surface area (Å²) in [4.78, 5) is 17.9. The average Bonchev–Trinajstić information content (AvgIpc) is 2.63. The van der Waals surface area contributed by atoms with Gasteiger partial charge in [-0.15, -0.1) is 0 Å². The minimum atomic E-state index is 0.130. The number of hydrogen-bond acceptors (Lipinski definition) is 4. The van der Waals surface area contributed by atoms with E-state index in [2.05, 4.69) is 33.5 Å². The third-order valence-corrected chi connectivity index (χ3v) is 3.33. The zero-order valence-corrected chi connectivity index (χ0v) is 10.9. The van der Waals surface area contributed by atoms with Gasteiger partial charge in [0.15, 0.2) is 0 Å². The van der Waals surface area contributed by atoms with Gasteiger partial charge >= 0.3 is 0 Å². The van der Waals surface area contributed by atoms with Gasteiger partial charge in [-0.1, -0.05) is 0 Å². The number of nitrogens with one attached hydrogen (secondary N) is 2. The number of amides is 1. The number of anilines is 1. The third kappa shape index (κ3) is 2.98. The van der Waals surface area contributed by atoms with Gasteiger partial charge in [-0.05, 0) is 26.1 Å². The molecule has 1 aromatic heterocycles. The number of carbonyl (C=O) groups excluding carboxylic acids is 1. The molecule has 0 bridgehead atoms. The first-order valence-corrected chi connectivity index (χ1v) is 6.35. The molecule has 0 radical (unpaired) electrons. The smallest absolute Gasteiger partial charge is 0.221 e. The summed E-state index contributed by atoms with van der Waals surface area (Å²) in [6, 6.07) is 4.37. The molecule has 1 unspecified atom stereocenters. The second kappa shape index (κ2) is 5.82. The molecule has 5 nitrogen and oxygen atoms in total. The van der Waals surface area contributed by atoms with Gasteiger partial charge in [-0.3, -0.25) is 9.78 Å². The van der Waals surface area contributed by atoms with E-state index in [4.69, 9.17) is 0 Å². The molecule has 18 heavy (non-hydrogen) atoms. The fraction of sp³-hybridized carbons (Fsp3) is 0.538. The van der Waals surface area contributed by atoms with Crippen molar-refractivity contribution in [3.8, 4) is 0 Å². The van der Waals surface area contributed by atoms with Crippen molar-refractivity contribution in [3.63, 3.8) is 0 Å². The number of hydrogen-bond donors (Lipinski definition) is 2. The van der Waals surface area contributed by atoms with Crippen LogP contribution in [0, 0.1) is 0 Å². The molecule has 2 N–H and O–H groups in total. The van der Waals surface area contributed by atoms with Gasteiger partial charge in [-0.25, -0.2) is 0 Å². The minimum Gasteiger partial charge on any atom is -0.368 e. The first-order valence-electron chi connectivity index (χ1n) is 6.35. The lowest BCUT2D eigenvalue weighted by Gasteiger charge is -2.22. The topological polar surface area (TPSA) is 57.3 Å². The number of aromatic nitrogens is 1. The van der Waals surface area contributed by atoms with Gasteiger partial charge in [0.2, 0.25) is 5.91 Å². The molecular formula is C13H20N4O.